The van der Waals surface area contributed by atoms with Gasteiger partial charge in [-0.25, -0.2) is 4.39 Å². The molecule has 1 amide bonds. The predicted octanol–water partition coefficient (Wildman–Crippen LogP) is 1.96. The van der Waals surface area contributed by atoms with Crippen molar-refractivity contribution in [2.75, 3.05) is 6.61 Å². The molecule has 2 N–H and O–H groups in total. The fourth-order valence-corrected chi connectivity index (χ4v) is 2.46. The Bertz CT molecular complexity index is 520. The van der Waals surface area contributed by atoms with Gasteiger partial charge in [-0.3, -0.25) is 9.59 Å². The quantitative estimate of drug-likeness (QED) is 0.841. The Morgan fingerprint density at radius 2 is 2.19 bits per heavy atom. The van der Waals surface area contributed by atoms with Crippen molar-refractivity contribution in [2.24, 2.45) is 5.92 Å². The number of carbonyl (C=O) groups excluding carboxylic acids is 1. The van der Waals surface area contributed by atoms with Gasteiger partial charge >= 0.3 is 5.97 Å². The number of carbonyl (C=O) groups is 2. The zero-order valence-electron chi connectivity index (χ0n) is 11.5. The van der Waals surface area contributed by atoms with Gasteiger partial charge in [0.05, 0.1) is 18.9 Å². The summed E-state index contributed by atoms with van der Waals surface area (Å²) < 4.78 is 18.2. The molecule has 0 aliphatic heterocycles. The van der Waals surface area contributed by atoms with Gasteiger partial charge in [0, 0.05) is 12.1 Å². The van der Waals surface area contributed by atoms with Gasteiger partial charge in [-0.2, -0.15) is 0 Å². The molecule has 0 heterocycles. The Labute approximate surface area is 122 Å². The second-order valence-corrected chi connectivity index (χ2v) is 5.17. The number of hydrogen-bond donors (Lipinski definition) is 2. The van der Waals surface area contributed by atoms with E-state index in [9.17, 15) is 14.0 Å². The first-order chi connectivity index (χ1) is 10.0. The molecular formula is C15H18FNO4. The van der Waals surface area contributed by atoms with Crippen LogP contribution in [0.2, 0.25) is 0 Å². The van der Waals surface area contributed by atoms with E-state index in [0.29, 0.717) is 25.0 Å². The van der Waals surface area contributed by atoms with Gasteiger partial charge in [0.15, 0.2) is 0 Å². The van der Waals surface area contributed by atoms with Crippen LogP contribution in [0.4, 0.5) is 4.39 Å². The van der Waals surface area contributed by atoms with Gasteiger partial charge < -0.3 is 15.2 Å². The molecule has 0 spiro atoms. The smallest absolute Gasteiger partial charge is 0.306 e. The van der Waals surface area contributed by atoms with Crippen molar-refractivity contribution in [1.29, 1.82) is 0 Å². The van der Waals surface area contributed by atoms with Gasteiger partial charge in [0.1, 0.15) is 11.6 Å². The molecule has 5 nitrogen and oxygen atoms in total. The van der Waals surface area contributed by atoms with Gasteiger partial charge in [0.25, 0.3) is 0 Å². The Morgan fingerprint density at radius 3 is 2.86 bits per heavy atom. The Hall–Kier alpha value is -2.11. The highest BCUT2D eigenvalue weighted by molar-refractivity contribution is 5.77. The third kappa shape index (κ3) is 4.73. The number of nitrogens with one attached hydrogen (secondary N) is 1. The number of ether oxygens (including phenoxy) is 1. The van der Waals surface area contributed by atoms with E-state index in [0.717, 1.165) is 0 Å². The molecule has 0 aromatic heterocycles. The fraction of sp³-hybridized carbons (Fsp3) is 0.467. The van der Waals surface area contributed by atoms with E-state index in [1.165, 1.54) is 18.2 Å². The molecule has 6 heteroatoms. The number of rotatable bonds is 6. The lowest BCUT2D eigenvalue weighted by atomic mass is 10.1. The normalized spacial score (nSPS) is 21.0. The van der Waals surface area contributed by atoms with Crippen LogP contribution in [0.1, 0.15) is 25.7 Å². The summed E-state index contributed by atoms with van der Waals surface area (Å²) in [5.74, 6) is -1.35. The van der Waals surface area contributed by atoms with Gasteiger partial charge in [-0.1, -0.05) is 6.07 Å². The predicted molar refractivity (Wildman–Crippen MR) is 73.4 cm³/mol. The van der Waals surface area contributed by atoms with E-state index in [-0.39, 0.29) is 36.7 Å². The Kier molecular flexibility index (Phi) is 5.14. The molecule has 1 aromatic rings. The SMILES string of the molecule is O=C(CCOc1cccc(F)c1)N[C@H]1CC[C@@H](C(=O)O)C1. The zero-order valence-corrected chi connectivity index (χ0v) is 11.5. The van der Waals surface area contributed by atoms with E-state index in [1.807, 2.05) is 0 Å². The van der Waals surface area contributed by atoms with Crippen LogP contribution in [0, 0.1) is 11.7 Å². The molecular weight excluding hydrogens is 277 g/mol. The van der Waals surface area contributed by atoms with Crippen molar-refractivity contribution in [3.8, 4) is 5.75 Å². The Balaban J connectivity index is 1.67. The summed E-state index contributed by atoms with van der Waals surface area (Å²) >= 11 is 0. The molecule has 1 aromatic carbocycles. The zero-order chi connectivity index (χ0) is 15.2. The molecule has 0 unspecified atom stereocenters. The number of aliphatic carboxylic acids is 1. The topological polar surface area (TPSA) is 75.6 Å². The summed E-state index contributed by atoms with van der Waals surface area (Å²) in [5, 5.41) is 11.7. The minimum absolute atomic E-state index is 0.0761. The highest BCUT2D eigenvalue weighted by atomic mass is 19.1. The van der Waals surface area contributed by atoms with Crippen LogP contribution in [0.5, 0.6) is 5.75 Å². The molecule has 114 valence electrons. The molecule has 1 fully saturated rings. The first-order valence-electron chi connectivity index (χ1n) is 6.95. The molecule has 0 radical (unpaired) electrons. The lowest BCUT2D eigenvalue weighted by molar-refractivity contribution is -0.141. The molecule has 21 heavy (non-hydrogen) atoms. The third-order valence-corrected chi connectivity index (χ3v) is 3.54. The number of carboxylic acid groups (broad SMARTS) is 1. The number of benzene rings is 1. The van der Waals surface area contributed by atoms with Crippen LogP contribution in [0.15, 0.2) is 24.3 Å². The number of halogens is 1. The largest absolute Gasteiger partial charge is 0.493 e. The van der Waals surface area contributed by atoms with Crippen molar-refractivity contribution < 1.29 is 23.8 Å². The van der Waals surface area contributed by atoms with Crippen molar-refractivity contribution in [2.45, 2.75) is 31.7 Å². The summed E-state index contributed by atoms with van der Waals surface area (Å²) in [6.45, 7) is 0.157. The lowest BCUT2D eigenvalue weighted by Crippen LogP contribution is -2.34. The maximum Gasteiger partial charge on any atom is 0.306 e. The number of carboxylic acids is 1. The molecule has 0 bridgehead atoms. The van der Waals surface area contributed by atoms with E-state index < -0.39 is 5.97 Å². The molecule has 2 rings (SSSR count). The third-order valence-electron chi connectivity index (χ3n) is 3.54. The molecule has 2 atom stereocenters. The summed E-state index contributed by atoms with van der Waals surface area (Å²) in [4.78, 5) is 22.5. The molecule has 0 saturated heterocycles. The standard InChI is InChI=1S/C15H18FNO4/c16-11-2-1-3-13(9-11)21-7-6-14(18)17-12-5-4-10(8-12)15(19)20/h1-3,9-10,12H,4-8H2,(H,17,18)(H,19,20)/t10-,12+/m1/s1. The summed E-state index contributed by atoms with van der Waals surface area (Å²) in [7, 11) is 0. The summed E-state index contributed by atoms with van der Waals surface area (Å²) in [6.07, 6.45) is 1.92. The first kappa shape index (κ1) is 15.3. The monoisotopic (exact) mass is 295 g/mol. The van der Waals surface area contributed by atoms with Crippen LogP contribution < -0.4 is 10.1 Å². The first-order valence-corrected chi connectivity index (χ1v) is 6.95. The molecule has 1 aliphatic carbocycles. The van der Waals surface area contributed by atoms with Crippen LogP contribution in [-0.4, -0.2) is 29.6 Å². The van der Waals surface area contributed by atoms with E-state index >= 15 is 0 Å². The Morgan fingerprint density at radius 1 is 1.38 bits per heavy atom. The van der Waals surface area contributed by atoms with Crippen LogP contribution >= 0.6 is 0 Å². The van der Waals surface area contributed by atoms with E-state index in [1.54, 1.807) is 6.07 Å². The average molecular weight is 295 g/mol. The maximum absolute atomic E-state index is 12.9. The minimum Gasteiger partial charge on any atom is -0.493 e. The second kappa shape index (κ2) is 7.06. The van der Waals surface area contributed by atoms with Crippen molar-refractivity contribution in [3.05, 3.63) is 30.1 Å². The highest BCUT2D eigenvalue weighted by Crippen LogP contribution is 2.25. The minimum atomic E-state index is -0.804. The van der Waals surface area contributed by atoms with Crippen molar-refractivity contribution >= 4 is 11.9 Å². The highest BCUT2D eigenvalue weighted by Gasteiger charge is 2.30. The lowest BCUT2D eigenvalue weighted by Gasteiger charge is -2.12. The summed E-state index contributed by atoms with van der Waals surface area (Å²) in [5.41, 5.74) is 0. The van der Waals surface area contributed by atoms with E-state index in [4.69, 9.17) is 9.84 Å². The van der Waals surface area contributed by atoms with Crippen molar-refractivity contribution in [3.63, 3.8) is 0 Å². The second-order valence-electron chi connectivity index (χ2n) is 5.17. The van der Waals surface area contributed by atoms with Crippen molar-refractivity contribution in [1.82, 2.24) is 5.32 Å². The molecule has 1 saturated carbocycles. The number of amides is 1. The summed E-state index contributed by atoms with van der Waals surface area (Å²) in [6, 6.07) is 5.66. The molecule has 1 aliphatic rings. The fourth-order valence-electron chi connectivity index (χ4n) is 2.46. The van der Waals surface area contributed by atoms with Crippen LogP contribution in [0.3, 0.4) is 0 Å². The van der Waals surface area contributed by atoms with Crippen LogP contribution in [-0.2, 0) is 9.59 Å². The van der Waals surface area contributed by atoms with Gasteiger partial charge in [-0.15, -0.1) is 0 Å². The number of hydrogen-bond acceptors (Lipinski definition) is 3. The van der Waals surface area contributed by atoms with Crippen LogP contribution in [0.25, 0.3) is 0 Å². The maximum atomic E-state index is 12.9. The van der Waals surface area contributed by atoms with E-state index in [2.05, 4.69) is 5.32 Å². The average Bonchev–Trinajstić information content (AvgIpc) is 2.87. The van der Waals surface area contributed by atoms with Gasteiger partial charge in [-0.05, 0) is 31.4 Å². The van der Waals surface area contributed by atoms with Gasteiger partial charge in [0.2, 0.25) is 5.91 Å².